The van der Waals surface area contributed by atoms with E-state index in [1.165, 1.54) is 27.6 Å². The van der Waals surface area contributed by atoms with Gasteiger partial charge in [-0.25, -0.2) is 0 Å². The molecular formula is C13H15N. The van der Waals surface area contributed by atoms with Gasteiger partial charge in [0.15, 0.2) is 0 Å². The number of fused-ring (bicyclic) bond motifs is 1. The second kappa shape index (κ2) is 3.41. The maximum absolute atomic E-state index is 4.40. The molecule has 1 heteroatoms. The van der Waals surface area contributed by atoms with Crippen LogP contribution in [0.4, 0.5) is 0 Å². The molecule has 0 fully saturated rings. The van der Waals surface area contributed by atoms with Gasteiger partial charge in [0.1, 0.15) is 0 Å². The quantitative estimate of drug-likeness (QED) is 0.663. The Labute approximate surface area is 84.8 Å². The molecule has 0 atom stereocenters. The second-order valence-corrected chi connectivity index (χ2v) is 3.76. The lowest BCUT2D eigenvalue weighted by atomic mass is 10.0. The summed E-state index contributed by atoms with van der Waals surface area (Å²) < 4.78 is 0. The molecule has 0 saturated heterocycles. The lowest BCUT2D eigenvalue weighted by Gasteiger charge is -2.06. The number of aromatic nitrogens is 1. The molecule has 0 bridgehead atoms. The SMILES string of the molecule is CCc1cc2c(C)c(C)ccc2cn1. The van der Waals surface area contributed by atoms with E-state index in [0.717, 1.165) is 6.42 Å². The highest BCUT2D eigenvalue weighted by molar-refractivity contribution is 5.86. The zero-order valence-corrected chi connectivity index (χ0v) is 8.96. The van der Waals surface area contributed by atoms with Gasteiger partial charge in [0.05, 0.1) is 0 Å². The lowest BCUT2D eigenvalue weighted by Crippen LogP contribution is -1.89. The van der Waals surface area contributed by atoms with Crippen LogP contribution >= 0.6 is 0 Å². The van der Waals surface area contributed by atoms with E-state index >= 15 is 0 Å². The highest BCUT2D eigenvalue weighted by atomic mass is 14.7. The van der Waals surface area contributed by atoms with Crippen LogP contribution in [-0.4, -0.2) is 4.98 Å². The van der Waals surface area contributed by atoms with Gasteiger partial charge in [-0.1, -0.05) is 19.1 Å². The lowest BCUT2D eigenvalue weighted by molar-refractivity contribution is 1.04. The summed E-state index contributed by atoms with van der Waals surface area (Å²) in [5, 5.41) is 2.59. The van der Waals surface area contributed by atoms with E-state index in [9.17, 15) is 0 Å². The molecule has 0 spiro atoms. The third kappa shape index (κ3) is 1.39. The molecular weight excluding hydrogens is 170 g/mol. The van der Waals surface area contributed by atoms with Crippen molar-refractivity contribution in [2.24, 2.45) is 0 Å². The van der Waals surface area contributed by atoms with Crippen LogP contribution in [0, 0.1) is 13.8 Å². The molecule has 2 rings (SSSR count). The molecule has 14 heavy (non-hydrogen) atoms. The summed E-state index contributed by atoms with van der Waals surface area (Å²) in [4.78, 5) is 4.40. The predicted octanol–water partition coefficient (Wildman–Crippen LogP) is 3.41. The fourth-order valence-corrected chi connectivity index (χ4v) is 1.71. The summed E-state index contributed by atoms with van der Waals surface area (Å²) in [5.74, 6) is 0. The number of aryl methyl sites for hydroxylation is 3. The van der Waals surface area contributed by atoms with Crippen LogP contribution in [0.25, 0.3) is 10.8 Å². The Bertz CT molecular complexity index is 472. The minimum atomic E-state index is 1.00. The molecule has 0 unspecified atom stereocenters. The van der Waals surface area contributed by atoms with E-state index in [1.807, 2.05) is 6.20 Å². The van der Waals surface area contributed by atoms with Gasteiger partial charge in [-0.2, -0.15) is 0 Å². The first-order chi connectivity index (χ1) is 6.72. The van der Waals surface area contributed by atoms with Crippen molar-refractivity contribution < 1.29 is 0 Å². The maximum atomic E-state index is 4.40. The molecule has 0 amide bonds. The fraction of sp³-hybridized carbons (Fsp3) is 0.308. The smallest absolute Gasteiger partial charge is 0.0407 e. The Morgan fingerprint density at radius 3 is 2.71 bits per heavy atom. The molecule has 72 valence electrons. The average Bonchev–Trinajstić information content (AvgIpc) is 2.23. The van der Waals surface area contributed by atoms with Crippen LogP contribution in [0.3, 0.4) is 0 Å². The first-order valence-electron chi connectivity index (χ1n) is 5.07. The Morgan fingerprint density at radius 1 is 1.21 bits per heavy atom. The third-order valence-electron chi connectivity index (χ3n) is 2.86. The summed E-state index contributed by atoms with van der Waals surface area (Å²) in [5.41, 5.74) is 3.90. The first-order valence-corrected chi connectivity index (χ1v) is 5.07. The van der Waals surface area contributed by atoms with Crippen molar-refractivity contribution in [3.8, 4) is 0 Å². The zero-order valence-electron chi connectivity index (χ0n) is 8.96. The van der Waals surface area contributed by atoms with E-state index < -0.39 is 0 Å². The molecule has 0 radical (unpaired) electrons. The molecule has 0 saturated carbocycles. The van der Waals surface area contributed by atoms with Gasteiger partial charge in [0.2, 0.25) is 0 Å². The molecule has 0 aliphatic rings. The average molecular weight is 185 g/mol. The summed E-state index contributed by atoms with van der Waals surface area (Å²) >= 11 is 0. The molecule has 1 aromatic carbocycles. The van der Waals surface area contributed by atoms with Gasteiger partial charge in [0.25, 0.3) is 0 Å². The largest absolute Gasteiger partial charge is 0.261 e. The van der Waals surface area contributed by atoms with Gasteiger partial charge < -0.3 is 0 Å². The van der Waals surface area contributed by atoms with Crippen LogP contribution < -0.4 is 0 Å². The summed E-state index contributed by atoms with van der Waals surface area (Å²) in [6, 6.07) is 6.51. The van der Waals surface area contributed by atoms with Crippen LogP contribution in [0.2, 0.25) is 0 Å². The summed E-state index contributed by atoms with van der Waals surface area (Å²) in [6.07, 6.45) is 2.98. The third-order valence-corrected chi connectivity index (χ3v) is 2.86. The van der Waals surface area contributed by atoms with Crippen molar-refractivity contribution in [3.05, 3.63) is 41.2 Å². The van der Waals surface area contributed by atoms with Crippen molar-refractivity contribution in [1.82, 2.24) is 4.98 Å². The molecule has 0 N–H and O–H groups in total. The number of rotatable bonds is 1. The van der Waals surface area contributed by atoms with E-state index in [0.29, 0.717) is 0 Å². The van der Waals surface area contributed by atoms with Gasteiger partial charge in [-0.05, 0) is 42.8 Å². The van der Waals surface area contributed by atoms with Gasteiger partial charge in [0, 0.05) is 17.3 Å². The van der Waals surface area contributed by atoms with Crippen LogP contribution in [0.5, 0.6) is 0 Å². The Balaban J connectivity index is 2.78. The molecule has 0 aliphatic heterocycles. The molecule has 1 nitrogen and oxygen atoms in total. The van der Waals surface area contributed by atoms with Gasteiger partial charge in [-0.15, -0.1) is 0 Å². The highest BCUT2D eigenvalue weighted by Gasteiger charge is 2.01. The van der Waals surface area contributed by atoms with E-state index in [4.69, 9.17) is 0 Å². The zero-order chi connectivity index (χ0) is 10.1. The summed E-state index contributed by atoms with van der Waals surface area (Å²) in [6.45, 7) is 6.47. The minimum Gasteiger partial charge on any atom is -0.261 e. The molecule has 1 aromatic heterocycles. The van der Waals surface area contributed by atoms with E-state index in [2.05, 4.69) is 44.0 Å². The molecule has 2 aromatic rings. The molecule has 0 aliphatic carbocycles. The Morgan fingerprint density at radius 2 is 2.00 bits per heavy atom. The number of pyridine rings is 1. The maximum Gasteiger partial charge on any atom is 0.0407 e. The van der Waals surface area contributed by atoms with Crippen molar-refractivity contribution in [2.75, 3.05) is 0 Å². The highest BCUT2D eigenvalue weighted by Crippen LogP contribution is 2.21. The Kier molecular flexibility index (Phi) is 2.24. The number of benzene rings is 1. The molecule has 1 heterocycles. The normalized spacial score (nSPS) is 10.8. The predicted molar refractivity (Wildman–Crippen MR) is 60.6 cm³/mol. The van der Waals surface area contributed by atoms with E-state index in [1.54, 1.807) is 0 Å². The second-order valence-electron chi connectivity index (χ2n) is 3.76. The monoisotopic (exact) mass is 185 g/mol. The van der Waals surface area contributed by atoms with Crippen molar-refractivity contribution >= 4 is 10.8 Å². The summed E-state index contributed by atoms with van der Waals surface area (Å²) in [7, 11) is 0. The van der Waals surface area contributed by atoms with Crippen molar-refractivity contribution in [2.45, 2.75) is 27.2 Å². The standard InChI is InChI=1S/C13H15N/c1-4-12-7-13-10(3)9(2)5-6-11(13)8-14-12/h5-8H,4H2,1-3H3. The first kappa shape index (κ1) is 9.20. The topological polar surface area (TPSA) is 12.9 Å². The van der Waals surface area contributed by atoms with E-state index in [-0.39, 0.29) is 0 Å². The number of nitrogens with zero attached hydrogens (tertiary/aromatic N) is 1. The number of hydrogen-bond acceptors (Lipinski definition) is 1. The number of hydrogen-bond donors (Lipinski definition) is 0. The van der Waals surface area contributed by atoms with Crippen molar-refractivity contribution in [3.63, 3.8) is 0 Å². The van der Waals surface area contributed by atoms with Crippen LogP contribution in [0.1, 0.15) is 23.7 Å². The Hall–Kier alpha value is -1.37. The van der Waals surface area contributed by atoms with Crippen LogP contribution in [0.15, 0.2) is 24.4 Å². The minimum absolute atomic E-state index is 1.00. The van der Waals surface area contributed by atoms with Gasteiger partial charge in [-0.3, -0.25) is 4.98 Å². The van der Waals surface area contributed by atoms with Crippen LogP contribution in [-0.2, 0) is 6.42 Å². The fourth-order valence-electron chi connectivity index (χ4n) is 1.71. The van der Waals surface area contributed by atoms with Crippen molar-refractivity contribution in [1.29, 1.82) is 0 Å². The van der Waals surface area contributed by atoms with Gasteiger partial charge >= 0.3 is 0 Å².